The van der Waals surface area contributed by atoms with Crippen molar-refractivity contribution in [3.05, 3.63) is 0 Å². The minimum absolute atomic E-state index is 0.485. The van der Waals surface area contributed by atoms with Crippen LogP contribution in [0.25, 0.3) is 0 Å². The summed E-state index contributed by atoms with van der Waals surface area (Å²) in [6, 6.07) is 0. The molecule has 0 heterocycles. The first-order valence-electron chi connectivity index (χ1n) is 6.91. The molecule has 0 aromatic rings. The van der Waals surface area contributed by atoms with Crippen molar-refractivity contribution in [1.82, 2.24) is 0 Å². The van der Waals surface area contributed by atoms with Gasteiger partial charge in [0.05, 0.1) is 0 Å². The van der Waals surface area contributed by atoms with Crippen LogP contribution in [0.4, 0.5) is 0 Å². The Morgan fingerprint density at radius 2 is 1.24 bits per heavy atom. The number of methoxy groups -OCH3 is 2. The van der Waals surface area contributed by atoms with E-state index in [0.29, 0.717) is 27.2 Å². The fourth-order valence-electron chi connectivity index (χ4n) is 1.73. The first kappa shape index (κ1) is 17.4. The maximum absolute atomic E-state index is 5.52. The Labute approximate surface area is 114 Å². The van der Waals surface area contributed by atoms with Crippen molar-refractivity contribution >= 4 is 15.0 Å². The first-order valence-corrected chi connectivity index (χ1v) is 9.34. The molecule has 0 aliphatic heterocycles. The predicted octanol–water partition coefficient (Wildman–Crippen LogP) is 3.94. The van der Waals surface area contributed by atoms with Crippen LogP contribution in [-0.2, 0) is 9.47 Å². The molecule has 0 N–H and O–H groups in total. The van der Waals surface area contributed by atoms with E-state index in [9.17, 15) is 0 Å². The van der Waals surface area contributed by atoms with Gasteiger partial charge in [-0.1, -0.05) is 0 Å². The summed E-state index contributed by atoms with van der Waals surface area (Å²) in [5.41, 5.74) is 0. The normalized spacial score (nSPS) is 14.8. The monoisotopic (exact) mass is 310 g/mol. The van der Waals surface area contributed by atoms with Crippen molar-refractivity contribution < 1.29 is 9.47 Å². The second-order valence-electron chi connectivity index (χ2n) is 4.54. The van der Waals surface area contributed by atoms with E-state index < -0.39 is 0 Å². The van der Waals surface area contributed by atoms with E-state index in [0.717, 1.165) is 0 Å². The van der Waals surface area contributed by atoms with Gasteiger partial charge in [-0.2, -0.15) is 0 Å². The van der Waals surface area contributed by atoms with Gasteiger partial charge in [0.2, 0.25) is 0 Å². The Hall–Kier alpha value is 0.439. The molecule has 17 heavy (non-hydrogen) atoms. The summed E-state index contributed by atoms with van der Waals surface area (Å²) in [5, 5.41) is 2.49. The fourth-order valence-corrected chi connectivity index (χ4v) is 4.39. The van der Waals surface area contributed by atoms with E-state index in [-0.39, 0.29) is 0 Å². The Morgan fingerprint density at radius 1 is 0.824 bits per heavy atom. The van der Waals surface area contributed by atoms with Crippen LogP contribution in [0.15, 0.2) is 0 Å². The van der Waals surface area contributed by atoms with E-state index in [1.807, 2.05) is 14.2 Å². The fraction of sp³-hybridized carbons (Fsp3) is 1.00. The van der Waals surface area contributed by atoms with Crippen LogP contribution < -0.4 is 0 Å². The van der Waals surface area contributed by atoms with Gasteiger partial charge in [0.15, 0.2) is 0 Å². The molecule has 0 fully saturated rings. The third-order valence-corrected chi connectivity index (χ3v) is 5.58. The molecule has 2 nitrogen and oxygen atoms in total. The molecule has 0 saturated carbocycles. The zero-order valence-electron chi connectivity index (χ0n) is 12.0. The van der Waals surface area contributed by atoms with Crippen molar-refractivity contribution in [3.63, 3.8) is 0 Å². The molecule has 0 spiro atoms. The van der Waals surface area contributed by atoms with Gasteiger partial charge in [-0.05, 0) is 0 Å². The summed E-state index contributed by atoms with van der Waals surface area (Å²) in [6.45, 7) is 4.48. The summed E-state index contributed by atoms with van der Waals surface area (Å²) in [5.74, 6) is 0. The topological polar surface area (TPSA) is 18.5 Å². The summed E-state index contributed by atoms with van der Waals surface area (Å²) >= 11 is 0.669. The van der Waals surface area contributed by atoms with Gasteiger partial charge in [0.25, 0.3) is 0 Å². The summed E-state index contributed by atoms with van der Waals surface area (Å²) < 4.78 is 11.0. The Bertz CT molecular complexity index is 137. The van der Waals surface area contributed by atoms with Gasteiger partial charge in [0, 0.05) is 0 Å². The molecule has 0 rings (SSSR count). The molecule has 2 atom stereocenters. The number of hydrogen-bond donors (Lipinski definition) is 0. The Kier molecular flexibility index (Phi) is 13.2. The quantitative estimate of drug-likeness (QED) is 0.508. The molecule has 0 saturated heterocycles. The molecule has 0 bridgehead atoms. The summed E-state index contributed by atoms with van der Waals surface area (Å²) in [7, 11) is 3.70. The van der Waals surface area contributed by atoms with Gasteiger partial charge in [0.1, 0.15) is 0 Å². The number of rotatable bonds is 12. The summed E-state index contributed by atoms with van der Waals surface area (Å²) in [6.07, 6.45) is 8.53. The summed E-state index contributed by atoms with van der Waals surface area (Å²) in [4.78, 5) is 0. The van der Waals surface area contributed by atoms with Gasteiger partial charge in [-0.3, -0.25) is 0 Å². The van der Waals surface area contributed by atoms with E-state index in [4.69, 9.17) is 9.47 Å². The van der Waals surface area contributed by atoms with Crippen molar-refractivity contribution in [3.8, 4) is 0 Å². The van der Waals surface area contributed by atoms with Crippen molar-refractivity contribution in [2.24, 2.45) is 0 Å². The van der Waals surface area contributed by atoms with E-state index in [1.54, 1.807) is 0 Å². The van der Waals surface area contributed by atoms with Gasteiger partial charge >= 0.3 is 114 Å². The van der Waals surface area contributed by atoms with Crippen LogP contribution in [0, 0.1) is 0 Å². The van der Waals surface area contributed by atoms with Crippen LogP contribution in [0.3, 0.4) is 0 Å². The molecule has 0 radical (unpaired) electrons. The molecule has 0 aromatic heterocycles. The molecule has 2 unspecified atom stereocenters. The van der Waals surface area contributed by atoms with Gasteiger partial charge < -0.3 is 0 Å². The van der Waals surface area contributed by atoms with Crippen molar-refractivity contribution in [1.29, 1.82) is 0 Å². The first-order chi connectivity index (χ1) is 8.28. The second kappa shape index (κ2) is 12.9. The number of hydrogen-bond acceptors (Lipinski definition) is 2. The van der Waals surface area contributed by atoms with Gasteiger partial charge in [-0.25, -0.2) is 0 Å². The minimum atomic E-state index is 0.485. The third-order valence-electron chi connectivity index (χ3n) is 3.03. The molecule has 0 aliphatic carbocycles. The SMILES string of the molecule is CCCCC(C[Se]CC(CCCC)OC)OC. The average Bonchev–Trinajstić information content (AvgIpc) is 2.37. The van der Waals surface area contributed by atoms with Gasteiger partial charge in [-0.15, -0.1) is 0 Å². The maximum atomic E-state index is 5.52. The van der Waals surface area contributed by atoms with Crippen molar-refractivity contribution in [2.45, 2.75) is 75.2 Å². The van der Waals surface area contributed by atoms with Crippen molar-refractivity contribution in [2.75, 3.05) is 14.2 Å². The van der Waals surface area contributed by atoms with Crippen LogP contribution in [-0.4, -0.2) is 41.4 Å². The molecule has 3 heteroatoms. The number of ether oxygens (including phenoxy) is 2. The second-order valence-corrected chi connectivity index (χ2v) is 6.79. The van der Waals surface area contributed by atoms with Crippen LogP contribution in [0.5, 0.6) is 0 Å². The number of unbranched alkanes of at least 4 members (excludes halogenated alkanes) is 2. The predicted molar refractivity (Wildman–Crippen MR) is 76.0 cm³/mol. The molecule has 0 aliphatic rings. The molecule has 104 valence electrons. The van der Waals surface area contributed by atoms with Crippen LogP contribution in [0.2, 0.25) is 10.6 Å². The van der Waals surface area contributed by atoms with E-state index in [1.165, 1.54) is 49.2 Å². The zero-order chi connectivity index (χ0) is 12.9. The molecular weight excluding hydrogens is 279 g/mol. The molecular formula is C14H30O2Se. The Balaban J connectivity index is 3.61. The van der Waals surface area contributed by atoms with E-state index >= 15 is 0 Å². The average molecular weight is 309 g/mol. The molecule has 0 amide bonds. The molecule has 0 aromatic carbocycles. The zero-order valence-corrected chi connectivity index (χ0v) is 13.7. The third kappa shape index (κ3) is 10.1. The van der Waals surface area contributed by atoms with E-state index in [2.05, 4.69) is 13.8 Å². The standard InChI is InChI=1S/C14H30O2Se/c1-5-7-9-13(15-3)11-17-12-14(16-4)10-8-6-2/h13-14H,5-12H2,1-4H3. The Morgan fingerprint density at radius 3 is 1.53 bits per heavy atom. The van der Waals surface area contributed by atoms with Crippen LogP contribution in [0.1, 0.15) is 52.4 Å². The van der Waals surface area contributed by atoms with Crippen LogP contribution >= 0.6 is 0 Å².